The Kier molecular flexibility index (Phi) is 17.1. The van der Waals surface area contributed by atoms with Gasteiger partial charge in [-0.05, 0) is 152 Å². The second-order valence-electron chi connectivity index (χ2n) is 14.0. The third kappa shape index (κ3) is 13.9. The Balaban J connectivity index is 1.10. The lowest BCUT2D eigenvalue weighted by Crippen LogP contribution is -2.11. The lowest BCUT2D eigenvalue weighted by molar-refractivity contribution is -0.138. The molecule has 0 spiro atoms. The average molecular weight is 801 g/mol. The van der Waals surface area contributed by atoms with Gasteiger partial charge >= 0.3 is 23.9 Å². The summed E-state index contributed by atoms with van der Waals surface area (Å²) in [4.78, 5) is 48.8. The fraction of sp³-hybridized carbons (Fsp3) is 0.306. The van der Waals surface area contributed by atoms with Crippen LogP contribution in [0.25, 0.3) is 21.5 Å². The zero-order valence-corrected chi connectivity index (χ0v) is 33.7. The molecule has 0 aromatic heterocycles. The van der Waals surface area contributed by atoms with Crippen LogP contribution in [0.5, 0.6) is 23.0 Å². The summed E-state index contributed by atoms with van der Waals surface area (Å²) in [5, 5.41) is 3.63. The Morgan fingerprint density at radius 2 is 0.932 bits per heavy atom. The Morgan fingerprint density at radius 1 is 0.492 bits per heavy atom. The van der Waals surface area contributed by atoms with E-state index in [4.69, 9.17) is 28.4 Å². The number of carbonyl (C=O) groups is 4. The van der Waals surface area contributed by atoms with Crippen LogP contribution in [0.2, 0.25) is 0 Å². The maximum atomic E-state index is 13.3. The molecule has 0 aliphatic heterocycles. The first-order chi connectivity index (χ1) is 28.8. The van der Waals surface area contributed by atoms with E-state index in [0.29, 0.717) is 55.5 Å². The van der Waals surface area contributed by atoms with E-state index in [0.717, 1.165) is 96.4 Å². The smallest absolute Gasteiger partial charge is 0.343 e. The van der Waals surface area contributed by atoms with Crippen molar-refractivity contribution in [3.63, 3.8) is 0 Å². The molecule has 0 unspecified atom stereocenters. The summed E-state index contributed by atoms with van der Waals surface area (Å²) in [7, 11) is 0. The van der Waals surface area contributed by atoms with Gasteiger partial charge in [0.15, 0.2) is 0 Å². The van der Waals surface area contributed by atoms with Crippen molar-refractivity contribution in [1.29, 1.82) is 0 Å². The topological polar surface area (TPSA) is 124 Å². The Morgan fingerprint density at radius 3 is 1.42 bits per heavy atom. The van der Waals surface area contributed by atoms with Gasteiger partial charge in [0.2, 0.25) is 0 Å². The fourth-order valence-electron chi connectivity index (χ4n) is 6.35. The number of ether oxygens (including phenoxy) is 6. The maximum absolute atomic E-state index is 13.3. The summed E-state index contributed by atoms with van der Waals surface area (Å²) in [6, 6.07) is 27.3. The second kappa shape index (κ2) is 23.1. The van der Waals surface area contributed by atoms with Crippen LogP contribution in [0.1, 0.15) is 91.0 Å². The molecule has 0 saturated heterocycles. The number of aryl methyl sites for hydroxylation is 1. The number of rotatable bonds is 24. The van der Waals surface area contributed by atoms with E-state index in [1.165, 1.54) is 12.2 Å². The minimum atomic E-state index is -0.496. The number of unbranched alkanes of at least 4 members (excludes halogenated alkanes) is 6. The normalized spacial score (nSPS) is 10.8. The van der Waals surface area contributed by atoms with Crippen molar-refractivity contribution < 1.29 is 47.6 Å². The summed E-state index contributed by atoms with van der Waals surface area (Å²) in [5.74, 6) is 0.492. The predicted molar refractivity (Wildman–Crippen MR) is 228 cm³/mol. The summed E-state index contributed by atoms with van der Waals surface area (Å²) in [5.41, 5.74) is 1.57. The molecule has 10 heteroatoms. The van der Waals surface area contributed by atoms with Crippen LogP contribution in [0.4, 0.5) is 0 Å². The first-order valence-electron chi connectivity index (χ1n) is 20.2. The average Bonchev–Trinajstić information content (AvgIpc) is 3.25. The molecular formula is C49H52O10. The number of carbonyl (C=O) groups excluding carboxylic acids is 4. The molecule has 0 N–H and O–H groups in total. The summed E-state index contributed by atoms with van der Waals surface area (Å²) < 4.78 is 33.5. The highest BCUT2D eigenvalue weighted by Crippen LogP contribution is 2.29. The van der Waals surface area contributed by atoms with E-state index in [1.807, 2.05) is 55.5 Å². The highest BCUT2D eigenvalue weighted by Gasteiger charge is 2.16. The molecular weight excluding hydrogens is 749 g/mol. The molecule has 0 heterocycles. The first-order valence-corrected chi connectivity index (χ1v) is 20.2. The van der Waals surface area contributed by atoms with Crippen molar-refractivity contribution in [1.82, 2.24) is 0 Å². The molecule has 10 nitrogen and oxygen atoms in total. The summed E-state index contributed by atoms with van der Waals surface area (Å²) in [6.45, 7) is 10.7. The standard InChI is InChI=1S/C49H52O10/c1-4-15-39-34-44(58-48(52)40-18-16-37-32-42(22-20-35(37)30-40)54-26-11-7-9-13-28-56-46(50)5-2)24-25-45(39)59-49(53)41-19-17-38-33-43(23-21-36(38)31-41)55-27-12-8-10-14-29-57-47(51)6-3/h5-6,16-25,30-34H,2-4,7-15,26-29H2,1H3. The Bertz CT molecular complexity index is 2240. The van der Waals surface area contributed by atoms with Gasteiger partial charge in [0.05, 0.1) is 37.6 Å². The molecule has 0 saturated carbocycles. The zero-order chi connectivity index (χ0) is 41.8. The van der Waals surface area contributed by atoms with E-state index in [9.17, 15) is 19.2 Å². The van der Waals surface area contributed by atoms with Gasteiger partial charge in [-0.25, -0.2) is 19.2 Å². The molecule has 0 atom stereocenters. The molecule has 308 valence electrons. The van der Waals surface area contributed by atoms with Crippen molar-refractivity contribution in [3.05, 3.63) is 133 Å². The molecule has 59 heavy (non-hydrogen) atoms. The number of hydrogen-bond donors (Lipinski definition) is 0. The zero-order valence-electron chi connectivity index (χ0n) is 33.7. The van der Waals surface area contributed by atoms with Gasteiger partial charge in [-0.15, -0.1) is 0 Å². The molecule has 5 aromatic rings. The lowest BCUT2D eigenvalue weighted by Gasteiger charge is -2.13. The molecule has 0 aliphatic rings. The van der Waals surface area contributed by atoms with E-state index in [2.05, 4.69) is 13.2 Å². The number of benzene rings is 5. The number of esters is 4. The van der Waals surface area contributed by atoms with E-state index in [-0.39, 0.29) is 0 Å². The highest BCUT2D eigenvalue weighted by molar-refractivity contribution is 5.98. The van der Waals surface area contributed by atoms with Crippen LogP contribution in [0.15, 0.2) is 116 Å². The highest BCUT2D eigenvalue weighted by atomic mass is 16.5. The maximum Gasteiger partial charge on any atom is 0.343 e. The van der Waals surface area contributed by atoms with Crippen LogP contribution >= 0.6 is 0 Å². The molecule has 5 rings (SSSR count). The van der Waals surface area contributed by atoms with Gasteiger partial charge in [-0.3, -0.25) is 0 Å². The molecule has 5 aromatic carbocycles. The van der Waals surface area contributed by atoms with E-state index in [1.54, 1.807) is 42.5 Å². The SMILES string of the molecule is C=CC(=O)OCCCCCCOc1ccc2cc(C(=O)Oc3ccc(OC(=O)c4ccc5cc(OCCCCCCOC(=O)C=C)ccc5c4)c(CCC)c3)ccc2c1. The third-order valence-corrected chi connectivity index (χ3v) is 9.50. The fourth-order valence-corrected chi connectivity index (χ4v) is 6.35. The third-order valence-electron chi connectivity index (χ3n) is 9.50. The molecule has 0 fully saturated rings. The van der Waals surface area contributed by atoms with Gasteiger partial charge in [-0.2, -0.15) is 0 Å². The van der Waals surface area contributed by atoms with E-state index >= 15 is 0 Å². The minimum absolute atomic E-state index is 0.357. The summed E-state index contributed by atoms with van der Waals surface area (Å²) in [6.07, 6.45) is 10.9. The van der Waals surface area contributed by atoms with Crippen LogP contribution in [0, 0.1) is 0 Å². The Hall–Kier alpha value is -6.42. The molecule has 0 amide bonds. The van der Waals surface area contributed by atoms with Gasteiger partial charge in [0.1, 0.15) is 23.0 Å². The minimum Gasteiger partial charge on any atom is -0.494 e. The predicted octanol–water partition coefficient (Wildman–Crippen LogP) is 10.7. The van der Waals surface area contributed by atoms with Crippen LogP contribution in [-0.4, -0.2) is 50.3 Å². The first kappa shape index (κ1) is 43.7. The molecule has 0 bridgehead atoms. The second-order valence-corrected chi connectivity index (χ2v) is 14.0. The van der Waals surface area contributed by atoms with Crippen molar-refractivity contribution in [3.8, 4) is 23.0 Å². The van der Waals surface area contributed by atoms with Crippen molar-refractivity contribution in [2.24, 2.45) is 0 Å². The lowest BCUT2D eigenvalue weighted by atomic mass is 10.1. The quantitative estimate of drug-likeness (QED) is 0.0258. The monoisotopic (exact) mass is 800 g/mol. The van der Waals surface area contributed by atoms with Crippen molar-refractivity contribution in [2.75, 3.05) is 26.4 Å². The van der Waals surface area contributed by atoms with Gasteiger partial charge in [0, 0.05) is 12.2 Å². The van der Waals surface area contributed by atoms with Crippen LogP contribution in [-0.2, 0) is 25.5 Å². The molecule has 0 radical (unpaired) electrons. The van der Waals surface area contributed by atoms with Crippen LogP contribution in [0.3, 0.4) is 0 Å². The van der Waals surface area contributed by atoms with Gasteiger partial charge in [-0.1, -0.05) is 50.8 Å². The number of hydrogen-bond acceptors (Lipinski definition) is 10. The van der Waals surface area contributed by atoms with Crippen LogP contribution < -0.4 is 18.9 Å². The Labute approximate surface area is 345 Å². The molecule has 0 aliphatic carbocycles. The number of fused-ring (bicyclic) bond motifs is 2. The van der Waals surface area contributed by atoms with E-state index < -0.39 is 23.9 Å². The largest absolute Gasteiger partial charge is 0.494 e. The summed E-state index contributed by atoms with van der Waals surface area (Å²) >= 11 is 0. The van der Waals surface area contributed by atoms with Crippen molar-refractivity contribution >= 4 is 45.4 Å². The van der Waals surface area contributed by atoms with Gasteiger partial charge < -0.3 is 28.4 Å². The van der Waals surface area contributed by atoms with Gasteiger partial charge in [0.25, 0.3) is 0 Å². The van der Waals surface area contributed by atoms with Crippen molar-refractivity contribution in [2.45, 2.75) is 71.1 Å².